The van der Waals surface area contributed by atoms with E-state index in [9.17, 15) is 14.4 Å². The Hall–Kier alpha value is -3.75. The number of rotatable bonds is 7. The molecule has 1 heterocycles. The number of nitrogens with one attached hydrogen (secondary N) is 3. The van der Waals surface area contributed by atoms with E-state index in [-0.39, 0.29) is 30.6 Å². The van der Waals surface area contributed by atoms with Gasteiger partial charge in [0.15, 0.2) is 11.5 Å². The van der Waals surface area contributed by atoms with Crippen molar-refractivity contribution in [1.29, 1.82) is 0 Å². The zero-order valence-electron chi connectivity index (χ0n) is 16.9. The van der Waals surface area contributed by atoms with E-state index >= 15 is 0 Å². The van der Waals surface area contributed by atoms with Gasteiger partial charge in [-0.3, -0.25) is 14.4 Å². The molecule has 0 spiro atoms. The minimum atomic E-state index is -0.824. The maximum atomic E-state index is 12.4. The van der Waals surface area contributed by atoms with Crippen LogP contribution in [0.5, 0.6) is 17.2 Å². The molecule has 1 aliphatic heterocycles. The average Bonchev–Trinajstić information content (AvgIpc) is 2.87. The molecule has 0 fully saturated rings. The van der Waals surface area contributed by atoms with Gasteiger partial charge < -0.3 is 30.2 Å². The Bertz CT molecular complexity index is 950. The maximum Gasteiger partial charge on any atom is 0.254 e. The Labute approximate surface area is 173 Å². The van der Waals surface area contributed by atoms with E-state index in [0.717, 1.165) is 0 Å². The molecule has 9 heteroatoms. The lowest BCUT2D eigenvalue weighted by molar-refractivity contribution is -0.118. The van der Waals surface area contributed by atoms with Crippen LogP contribution in [-0.4, -0.2) is 45.1 Å². The third-order valence-corrected chi connectivity index (χ3v) is 4.66. The number of carbonyl (C=O) groups is 3. The first-order valence-electron chi connectivity index (χ1n) is 9.27. The van der Waals surface area contributed by atoms with Crippen molar-refractivity contribution in [2.24, 2.45) is 0 Å². The van der Waals surface area contributed by atoms with Crippen LogP contribution in [0.3, 0.4) is 0 Å². The highest BCUT2D eigenvalue weighted by Gasteiger charge is 2.28. The number of para-hydroxylation sites is 1. The second kappa shape index (κ2) is 9.17. The van der Waals surface area contributed by atoms with Crippen molar-refractivity contribution in [2.45, 2.75) is 18.9 Å². The fraction of sp³-hybridized carbons (Fsp3) is 0.286. The zero-order chi connectivity index (χ0) is 21.7. The van der Waals surface area contributed by atoms with Crippen LogP contribution < -0.4 is 30.2 Å². The first-order valence-corrected chi connectivity index (χ1v) is 9.27. The summed E-state index contributed by atoms with van der Waals surface area (Å²) in [5, 5.41) is 8.13. The van der Waals surface area contributed by atoms with Gasteiger partial charge in [0.05, 0.1) is 32.6 Å². The molecule has 0 saturated heterocycles. The van der Waals surface area contributed by atoms with E-state index in [1.54, 1.807) is 36.4 Å². The highest BCUT2D eigenvalue weighted by molar-refractivity contribution is 6.10. The number of ether oxygens (including phenoxy) is 3. The number of benzene rings is 2. The Kier molecular flexibility index (Phi) is 6.41. The van der Waals surface area contributed by atoms with Crippen LogP contribution in [-0.2, 0) is 9.59 Å². The molecule has 30 heavy (non-hydrogen) atoms. The molecule has 3 amide bonds. The van der Waals surface area contributed by atoms with Crippen molar-refractivity contribution in [1.82, 2.24) is 5.32 Å². The molecule has 2 aromatic carbocycles. The quantitative estimate of drug-likeness (QED) is 0.641. The van der Waals surface area contributed by atoms with Gasteiger partial charge in [-0.25, -0.2) is 0 Å². The van der Waals surface area contributed by atoms with Crippen LogP contribution in [0.4, 0.5) is 11.4 Å². The van der Waals surface area contributed by atoms with Crippen molar-refractivity contribution in [3.8, 4) is 17.2 Å². The number of carbonyl (C=O) groups excluding carboxylic acids is 3. The SMILES string of the molecule is COc1cc(NC(=O)CC[C@H]2NC(=O)c3ccccc3NC2=O)cc(OC)c1OC. The summed E-state index contributed by atoms with van der Waals surface area (Å²) in [6.07, 6.45) is 0.160. The van der Waals surface area contributed by atoms with Crippen LogP contribution in [0.15, 0.2) is 36.4 Å². The lowest BCUT2D eigenvalue weighted by Gasteiger charge is -2.16. The summed E-state index contributed by atoms with van der Waals surface area (Å²) in [6.45, 7) is 0. The van der Waals surface area contributed by atoms with Gasteiger partial charge in [0.25, 0.3) is 5.91 Å². The van der Waals surface area contributed by atoms with Crippen molar-refractivity contribution >= 4 is 29.1 Å². The second-order valence-electron chi connectivity index (χ2n) is 6.56. The Morgan fingerprint density at radius 1 is 1.03 bits per heavy atom. The highest BCUT2D eigenvalue weighted by atomic mass is 16.5. The minimum absolute atomic E-state index is 0.0192. The number of hydrogen-bond donors (Lipinski definition) is 3. The van der Waals surface area contributed by atoms with Crippen molar-refractivity contribution in [3.63, 3.8) is 0 Å². The molecule has 0 radical (unpaired) electrons. The van der Waals surface area contributed by atoms with Crippen molar-refractivity contribution in [3.05, 3.63) is 42.0 Å². The first kappa shape index (κ1) is 21.0. The van der Waals surface area contributed by atoms with Crippen molar-refractivity contribution < 1.29 is 28.6 Å². The maximum absolute atomic E-state index is 12.4. The molecular formula is C21H23N3O6. The summed E-state index contributed by atoms with van der Waals surface area (Å²) < 4.78 is 15.8. The number of fused-ring (bicyclic) bond motifs is 1. The normalized spacial score (nSPS) is 15.2. The molecule has 0 saturated carbocycles. The van der Waals surface area contributed by atoms with E-state index in [4.69, 9.17) is 14.2 Å². The second-order valence-corrected chi connectivity index (χ2v) is 6.56. The summed E-state index contributed by atoms with van der Waals surface area (Å²) >= 11 is 0. The van der Waals surface area contributed by atoms with E-state index in [2.05, 4.69) is 16.0 Å². The lowest BCUT2D eigenvalue weighted by atomic mass is 10.1. The lowest BCUT2D eigenvalue weighted by Crippen LogP contribution is -2.41. The summed E-state index contributed by atoms with van der Waals surface area (Å²) in [6, 6.07) is 9.13. The Morgan fingerprint density at radius 2 is 1.70 bits per heavy atom. The molecule has 1 atom stereocenters. The Morgan fingerprint density at radius 3 is 2.33 bits per heavy atom. The summed E-state index contributed by atoms with van der Waals surface area (Å²) in [4.78, 5) is 37.2. The third-order valence-electron chi connectivity index (χ3n) is 4.66. The molecule has 9 nitrogen and oxygen atoms in total. The van der Waals surface area contributed by atoms with Crippen LogP contribution in [0.2, 0.25) is 0 Å². The van der Waals surface area contributed by atoms with Crippen LogP contribution in [0.1, 0.15) is 23.2 Å². The van der Waals surface area contributed by atoms with Gasteiger partial charge in [0, 0.05) is 24.2 Å². The van der Waals surface area contributed by atoms with Gasteiger partial charge in [0.1, 0.15) is 6.04 Å². The number of anilines is 2. The predicted octanol–water partition coefficient (Wildman–Crippen LogP) is 2.18. The van der Waals surface area contributed by atoms with Gasteiger partial charge in [0.2, 0.25) is 17.6 Å². The third kappa shape index (κ3) is 4.45. The molecule has 3 rings (SSSR count). The van der Waals surface area contributed by atoms with E-state index < -0.39 is 6.04 Å². The molecule has 2 aromatic rings. The molecule has 0 aliphatic carbocycles. The summed E-state index contributed by atoms with van der Waals surface area (Å²) in [5.74, 6) is 0.164. The topological polar surface area (TPSA) is 115 Å². The standard InChI is InChI=1S/C21H23N3O6/c1-28-16-10-12(11-17(29-2)19(16)30-3)22-18(25)9-8-15-21(27)23-14-7-5-4-6-13(14)20(26)24-15/h4-7,10-11,15H,8-9H2,1-3H3,(H,22,25)(H,23,27)(H,24,26)/t15-/m1/s1. The van der Waals surface area contributed by atoms with Gasteiger partial charge >= 0.3 is 0 Å². The molecule has 158 valence electrons. The van der Waals surface area contributed by atoms with E-state index in [1.807, 2.05) is 0 Å². The number of hydrogen-bond acceptors (Lipinski definition) is 6. The number of amides is 3. The highest BCUT2D eigenvalue weighted by Crippen LogP contribution is 2.39. The summed E-state index contributed by atoms with van der Waals surface area (Å²) in [7, 11) is 4.45. The Balaban J connectivity index is 1.65. The van der Waals surface area contributed by atoms with Gasteiger partial charge in [-0.2, -0.15) is 0 Å². The molecule has 1 aliphatic rings. The smallest absolute Gasteiger partial charge is 0.254 e. The summed E-state index contributed by atoms with van der Waals surface area (Å²) in [5.41, 5.74) is 1.29. The zero-order valence-corrected chi connectivity index (χ0v) is 16.9. The van der Waals surface area contributed by atoms with Gasteiger partial charge in [-0.1, -0.05) is 12.1 Å². The van der Waals surface area contributed by atoms with Gasteiger partial charge in [-0.15, -0.1) is 0 Å². The van der Waals surface area contributed by atoms with Crippen molar-refractivity contribution in [2.75, 3.05) is 32.0 Å². The monoisotopic (exact) mass is 413 g/mol. The first-order chi connectivity index (χ1) is 14.5. The molecule has 0 unspecified atom stereocenters. The fourth-order valence-corrected chi connectivity index (χ4v) is 3.17. The van der Waals surface area contributed by atoms with Crippen LogP contribution >= 0.6 is 0 Å². The molecule has 0 bridgehead atoms. The largest absolute Gasteiger partial charge is 0.493 e. The molecule has 3 N–H and O–H groups in total. The van der Waals surface area contributed by atoms with Gasteiger partial charge in [-0.05, 0) is 18.6 Å². The van der Waals surface area contributed by atoms with E-state index in [0.29, 0.717) is 34.2 Å². The minimum Gasteiger partial charge on any atom is -0.493 e. The molecular weight excluding hydrogens is 390 g/mol. The predicted molar refractivity (Wildman–Crippen MR) is 110 cm³/mol. The van der Waals surface area contributed by atoms with Crippen LogP contribution in [0.25, 0.3) is 0 Å². The van der Waals surface area contributed by atoms with E-state index in [1.165, 1.54) is 21.3 Å². The van der Waals surface area contributed by atoms with Crippen LogP contribution in [0, 0.1) is 0 Å². The average molecular weight is 413 g/mol. The number of methoxy groups -OCH3 is 3. The molecule has 0 aromatic heterocycles. The fourth-order valence-electron chi connectivity index (χ4n) is 3.17.